The molecule has 0 atom stereocenters. The molecule has 1 N–H and O–H groups in total. The average molecular weight is 234 g/mol. The lowest BCUT2D eigenvalue weighted by Crippen LogP contribution is -1.90. The van der Waals surface area contributed by atoms with Crippen LogP contribution >= 0.6 is 0 Å². The van der Waals surface area contributed by atoms with Gasteiger partial charge >= 0.3 is 0 Å². The minimum atomic E-state index is 0.845. The Bertz CT molecular complexity index is 273. The van der Waals surface area contributed by atoms with E-state index in [1.54, 1.807) is 6.20 Å². The van der Waals surface area contributed by atoms with E-state index >= 15 is 0 Å². The van der Waals surface area contributed by atoms with E-state index in [1.807, 2.05) is 12.3 Å². The fourth-order valence-corrected chi connectivity index (χ4v) is 1.32. The molecule has 2 nitrogen and oxygen atoms in total. The Hall–Kier alpha value is -1.31. The van der Waals surface area contributed by atoms with Gasteiger partial charge in [0.05, 0.1) is 0 Å². The van der Waals surface area contributed by atoms with E-state index in [0.29, 0.717) is 0 Å². The quantitative estimate of drug-likeness (QED) is 0.716. The van der Waals surface area contributed by atoms with Gasteiger partial charge in [-0.25, -0.2) is 4.98 Å². The van der Waals surface area contributed by atoms with Gasteiger partial charge in [-0.15, -0.1) is 0 Å². The predicted molar refractivity (Wildman–Crippen MR) is 77.3 cm³/mol. The molecule has 0 amide bonds. The number of aromatic nitrogens is 1. The highest BCUT2D eigenvalue weighted by Gasteiger charge is 1.89. The fraction of sp³-hybridized carbons (Fsp3) is 0.533. The van der Waals surface area contributed by atoms with Crippen LogP contribution in [0.2, 0.25) is 0 Å². The lowest BCUT2D eigenvalue weighted by Gasteiger charge is -1.99. The van der Waals surface area contributed by atoms with E-state index in [0.717, 1.165) is 12.2 Å². The minimum absolute atomic E-state index is 0.845. The molecule has 0 aromatic carbocycles. The number of pyridine rings is 1. The Morgan fingerprint density at radius 1 is 1.18 bits per heavy atom. The molecular weight excluding hydrogens is 208 g/mol. The van der Waals surface area contributed by atoms with Crippen molar-refractivity contribution < 1.29 is 0 Å². The molecule has 0 saturated carbocycles. The molecule has 0 saturated heterocycles. The zero-order valence-electron chi connectivity index (χ0n) is 11.5. The summed E-state index contributed by atoms with van der Waals surface area (Å²) in [4.78, 5) is 4.16. The Labute approximate surface area is 106 Å². The van der Waals surface area contributed by atoms with E-state index in [4.69, 9.17) is 0 Å². The molecule has 0 aliphatic carbocycles. The third-order valence-electron chi connectivity index (χ3n) is 2.44. The molecule has 1 aromatic rings. The van der Waals surface area contributed by atoms with Gasteiger partial charge in [0.25, 0.3) is 0 Å². The van der Waals surface area contributed by atoms with E-state index in [9.17, 15) is 0 Å². The van der Waals surface area contributed by atoms with Crippen molar-refractivity contribution in [3.05, 3.63) is 36.7 Å². The first kappa shape index (κ1) is 15.7. The Balaban J connectivity index is 0.000000366. The summed E-state index contributed by atoms with van der Waals surface area (Å²) in [5.41, 5.74) is 1.25. The van der Waals surface area contributed by atoms with E-state index in [1.165, 1.54) is 31.2 Å². The van der Waals surface area contributed by atoms with Gasteiger partial charge in [-0.2, -0.15) is 0 Å². The summed E-state index contributed by atoms with van der Waals surface area (Å²) in [5.74, 6) is 0.845. The van der Waals surface area contributed by atoms with Gasteiger partial charge in [0.1, 0.15) is 5.82 Å². The van der Waals surface area contributed by atoms with Crippen molar-refractivity contribution in [2.24, 2.45) is 0 Å². The number of aryl methyl sites for hydroxylation is 1. The summed E-state index contributed by atoms with van der Waals surface area (Å²) in [7, 11) is 0. The number of hydrogen-bond donors (Lipinski definition) is 1. The Morgan fingerprint density at radius 2 is 1.82 bits per heavy atom. The highest BCUT2D eigenvalue weighted by molar-refractivity contribution is 5.37. The Kier molecular flexibility index (Phi) is 10.3. The third-order valence-corrected chi connectivity index (χ3v) is 2.44. The maximum atomic E-state index is 4.16. The summed E-state index contributed by atoms with van der Waals surface area (Å²) >= 11 is 0. The van der Waals surface area contributed by atoms with Gasteiger partial charge in [0.2, 0.25) is 0 Å². The van der Waals surface area contributed by atoms with Gasteiger partial charge in [-0.3, -0.25) is 0 Å². The second-order valence-electron chi connectivity index (χ2n) is 3.96. The van der Waals surface area contributed by atoms with Crippen LogP contribution in [-0.2, 0) is 6.42 Å². The van der Waals surface area contributed by atoms with Crippen molar-refractivity contribution >= 4 is 5.82 Å². The maximum Gasteiger partial charge on any atom is 0.129 e. The highest BCUT2D eigenvalue weighted by atomic mass is 15.0. The van der Waals surface area contributed by atoms with Crippen LogP contribution in [0.4, 0.5) is 5.82 Å². The van der Waals surface area contributed by atoms with Crippen molar-refractivity contribution in [3.8, 4) is 0 Å². The summed E-state index contributed by atoms with van der Waals surface area (Å²) in [6.45, 7) is 10.1. The highest BCUT2D eigenvalue weighted by Crippen LogP contribution is 2.04. The van der Waals surface area contributed by atoms with E-state index < -0.39 is 0 Å². The first-order chi connectivity index (χ1) is 8.28. The van der Waals surface area contributed by atoms with Crippen molar-refractivity contribution in [2.45, 2.75) is 52.9 Å². The second kappa shape index (κ2) is 11.2. The topological polar surface area (TPSA) is 24.9 Å². The molecule has 0 aliphatic rings. The predicted octanol–water partition coefficient (Wildman–Crippen LogP) is 4.79. The smallest absolute Gasteiger partial charge is 0.129 e. The number of hydrogen-bond acceptors (Lipinski definition) is 2. The molecule has 96 valence electrons. The molecule has 17 heavy (non-hydrogen) atoms. The number of nitrogens with zero attached hydrogens (tertiary/aromatic N) is 1. The normalized spacial score (nSPS) is 9.12. The van der Waals surface area contributed by atoms with Crippen LogP contribution in [-0.4, -0.2) is 4.98 Å². The molecule has 0 spiro atoms. The molecule has 0 unspecified atom stereocenters. The first-order valence-electron chi connectivity index (χ1n) is 6.60. The first-order valence-corrected chi connectivity index (χ1v) is 6.60. The van der Waals surface area contributed by atoms with Crippen LogP contribution in [0.3, 0.4) is 0 Å². The third kappa shape index (κ3) is 8.49. The van der Waals surface area contributed by atoms with Crippen molar-refractivity contribution in [1.82, 2.24) is 4.98 Å². The number of anilines is 1. The van der Waals surface area contributed by atoms with Crippen LogP contribution < -0.4 is 5.32 Å². The summed E-state index contributed by atoms with van der Waals surface area (Å²) in [6, 6.07) is 4.00. The van der Waals surface area contributed by atoms with Crippen LogP contribution in [0.1, 0.15) is 52.0 Å². The SMILES string of the molecule is C=CNc1ccc(CC)cn1.CCCCCC. The molecule has 1 heterocycles. The van der Waals surface area contributed by atoms with Crippen LogP contribution in [0, 0.1) is 0 Å². The van der Waals surface area contributed by atoms with Gasteiger partial charge in [-0.1, -0.05) is 59.1 Å². The zero-order chi connectivity index (χ0) is 12.9. The van der Waals surface area contributed by atoms with Gasteiger partial charge in [0, 0.05) is 6.20 Å². The van der Waals surface area contributed by atoms with E-state index in [2.05, 4.69) is 43.7 Å². The average Bonchev–Trinajstić information content (AvgIpc) is 2.38. The van der Waals surface area contributed by atoms with Gasteiger partial charge in [-0.05, 0) is 24.3 Å². The Morgan fingerprint density at radius 3 is 2.18 bits per heavy atom. The van der Waals surface area contributed by atoms with Crippen molar-refractivity contribution in [1.29, 1.82) is 0 Å². The molecule has 1 rings (SSSR count). The minimum Gasteiger partial charge on any atom is -0.347 e. The van der Waals surface area contributed by atoms with Crippen molar-refractivity contribution in [3.63, 3.8) is 0 Å². The molecule has 0 radical (unpaired) electrons. The molecule has 0 fully saturated rings. The summed E-state index contributed by atoms with van der Waals surface area (Å²) in [6.07, 6.45) is 10.1. The fourth-order valence-electron chi connectivity index (χ4n) is 1.32. The van der Waals surface area contributed by atoms with Crippen LogP contribution in [0.15, 0.2) is 31.1 Å². The van der Waals surface area contributed by atoms with Crippen molar-refractivity contribution in [2.75, 3.05) is 5.32 Å². The lowest BCUT2D eigenvalue weighted by molar-refractivity contribution is 0.702. The largest absolute Gasteiger partial charge is 0.347 e. The number of unbranched alkanes of at least 4 members (excludes halogenated alkanes) is 3. The van der Waals surface area contributed by atoms with Crippen LogP contribution in [0.25, 0.3) is 0 Å². The molecule has 2 heteroatoms. The second-order valence-corrected chi connectivity index (χ2v) is 3.96. The van der Waals surface area contributed by atoms with Crippen LogP contribution in [0.5, 0.6) is 0 Å². The summed E-state index contributed by atoms with van der Waals surface area (Å²) in [5, 5.41) is 2.91. The molecule has 0 bridgehead atoms. The number of nitrogens with one attached hydrogen (secondary N) is 1. The standard InChI is InChI=1S/C9H12N2.C6H14/c1-3-8-5-6-9(10-4-2)11-7-8;1-3-5-6-4-2/h4-7H,2-3H2,1H3,(H,10,11);3-6H2,1-2H3. The maximum absolute atomic E-state index is 4.16. The molecule has 1 aromatic heterocycles. The monoisotopic (exact) mass is 234 g/mol. The lowest BCUT2D eigenvalue weighted by atomic mass is 10.2. The zero-order valence-corrected chi connectivity index (χ0v) is 11.5. The number of rotatable bonds is 6. The molecular formula is C15H26N2. The molecule has 0 aliphatic heterocycles. The van der Waals surface area contributed by atoms with E-state index in [-0.39, 0.29) is 0 Å². The summed E-state index contributed by atoms with van der Waals surface area (Å²) < 4.78 is 0. The van der Waals surface area contributed by atoms with Gasteiger partial charge < -0.3 is 5.32 Å². The van der Waals surface area contributed by atoms with Gasteiger partial charge in [0.15, 0.2) is 0 Å².